The average molecular weight is 579 g/mol. The van der Waals surface area contributed by atoms with Gasteiger partial charge in [0.1, 0.15) is 29.1 Å². The second-order valence-electron chi connectivity index (χ2n) is 9.80. The number of nitrogens with zero attached hydrogens (tertiary/aromatic N) is 2. The fourth-order valence-electron chi connectivity index (χ4n) is 3.55. The third-order valence-electron chi connectivity index (χ3n) is 5.56. The van der Waals surface area contributed by atoms with E-state index in [0.29, 0.717) is 27.9 Å². The number of alkyl halides is 3. The van der Waals surface area contributed by atoms with Crippen molar-refractivity contribution in [3.05, 3.63) is 78.0 Å². The first-order valence-corrected chi connectivity index (χ1v) is 13.2. The molecule has 2 N–H and O–H groups in total. The number of furan rings is 1. The minimum absolute atomic E-state index is 0.00569. The zero-order chi connectivity index (χ0) is 29.1. The summed E-state index contributed by atoms with van der Waals surface area (Å²) in [6.07, 6.45) is -3.21. The molecule has 0 aliphatic carbocycles. The number of rotatable bonds is 9. The molecule has 0 fully saturated rings. The van der Waals surface area contributed by atoms with Crippen molar-refractivity contribution in [1.29, 1.82) is 0 Å². The molecule has 4 aromatic rings. The van der Waals surface area contributed by atoms with Crippen LogP contribution in [0.1, 0.15) is 32.0 Å². The van der Waals surface area contributed by atoms with E-state index in [4.69, 9.17) is 9.15 Å². The predicted octanol–water partition coefficient (Wildman–Crippen LogP) is 5.16. The Morgan fingerprint density at radius 1 is 1.07 bits per heavy atom. The molecule has 2 unspecified atom stereocenters. The van der Waals surface area contributed by atoms with Gasteiger partial charge in [0.25, 0.3) is 0 Å². The summed E-state index contributed by atoms with van der Waals surface area (Å²) in [6, 6.07) is 10.3. The molecule has 0 radical (unpaired) electrons. The maximum absolute atomic E-state index is 13.5. The van der Waals surface area contributed by atoms with Crippen LogP contribution in [0.2, 0.25) is 0 Å². The Morgan fingerprint density at radius 3 is 2.48 bits per heavy atom. The molecule has 1 amide bonds. The van der Waals surface area contributed by atoms with E-state index in [-0.39, 0.29) is 18.2 Å². The zero-order valence-electron chi connectivity index (χ0n) is 21.7. The standard InChI is InChI=1S/C27H26F4N4O4S/c1-26(2,3)38-14-22(35-40(37)24-11-17-10-19(28)8-9-23(17)39-24)25(36)32-13-20-12-21(34-15-33-20)16-4-6-18(7-5-16)27(29,30)31/h4-12,15,22,35H,13-14H2,1-3H3,(H,32,36). The van der Waals surface area contributed by atoms with Crippen LogP contribution < -0.4 is 10.0 Å². The maximum atomic E-state index is 13.5. The molecule has 13 heteroatoms. The van der Waals surface area contributed by atoms with Crippen LogP contribution in [0.4, 0.5) is 17.6 Å². The van der Waals surface area contributed by atoms with Gasteiger partial charge in [-0.25, -0.2) is 14.4 Å². The minimum atomic E-state index is -4.45. The Balaban J connectivity index is 1.45. The van der Waals surface area contributed by atoms with Crippen LogP contribution in [0, 0.1) is 5.82 Å². The Kier molecular flexibility index (Phi) is 8.78. The summed E-state index contributed by atoms with van der Waals surface area (Å²) >= 11 is -1.97. The number of halogens is 4. The van der Waals surface area contributed by atoms with Gasteiger partial charge in [0.15, 0.2) is 6.04 Å². The van der Waals surface area contributed by atoms with Crippen molar-refractivity contribution in [2.75, 3.05) is 6.61 Å². The third-order valence-corrected chi connectivity index (χ3v) is 6.63. The molecule has 4 rings (SSSR count). The number of aromatic nitrogens is 2. The van der Waals surface area contributed by atoms with E-state index in [1.807, 2.05) is 0 Å². The van der Waals surface area contributed by atoms with Crippen LogP contribution in [0.5, 0.6) is 0 Å². The molecular weight excluding hydrogens is 552 g/mol. The van der Waals surface area contributed by atoms with Crippen molar-refractivity contribution >= 4 is 28.2 Å². The minimum Gasteiger partial charge on any atom is -0.590 e. The number of carbonyl (C=O) groups excluding carboxylic acids is 1. The second-order valence-corrected chi connectivity index (χ2v) is 11.0. The van der Waals surface area contributed by atoms with Crippen LogP contribution in [-0.4, -0.2) is 38.7 Å². The van der Waals surface area contributed by atoms with E-state index < -0.39 is 46.5 Å². The number of ether oxygens (including phenoxy) is 1. The molecular formula is C27H26F4N4O4S. The summed E-state index contributed by atoms with van der Waals surface area (Å²) in [5.41, 5.74) is 0.187. The van der Waals surface area contributed by atoms with Crippen LogP contribution >= 0.6 is 0 Å². The van der Waals surface area contributed by atoms with E-state index in [2.05, 4.69) is 20.0 Å². The molecule has 0 saturated carbocycles. The van der Waals surface area contributed by atoms with E-state index >= 15 is 0 Å². The van der Waals surface area contributed by atoms with Gasteiger partial charge in [0.05, 0.1) is 35.7 Å². The molecule has 0 spiro atoms. The first-order valence-electron chi connectivity index (χ1n) is 12.1. The van der Waals surface area contributed by atoms with Gasteiger partial charge >= 0.3 is 11.3 Å². The van der Waals surface area contributed by atoms with Crippen LogP contribution in [-0.2, 0) is 33.6 Å². The molecule has 212 valence electrons. The molecule has 2 heterocycles. The van der Waals surface area contributed by atoms with E-state index in [9.17, 15) is 26.9 Å². The molecule has 0 aliphatic rings. The van der Waals surface area contributed by atoms with Crippen LogP contribution in [0.25, 0.3) is 22.2 Å². The lowest BCUT2D eigenvalue weighted by Crippen LogP contribution is -2.50. The number of carbonyl (C=O) groups is 1. The molecule has 0 bridgehead atoms. The highest BCUT2D eigenvalue weighted by Crippen LogP contribution is 2.30. The largest absolute Gasteiger partial charge is 0.590 e. The SMILES string of the molecule is CC(C)(C)OCC(N[S+]([O-])c1cc2cc(F)ccc2o1)C(=O)NCc1cc(-c2ccc(C(F)(F)F)cc2)ncn1. The quantitative estimate of drug-likeness (QED) is 0.208. The van der Waals surface area contributed by atoms with Gasteiger partial charge in [-0.05, 0) is 57.2 Å². The summed E-state index contributed by atoms with van der Waals surface area (Å²) in [5.74, 6) is -1.02. The summed E-state index contributed by atoms with van der Waals surface area (Å²) in [6.45, 7) is 5.24. The molecule has 2 aromatic heterocycles. The highest BCUT2D eigenvalue weighted by molar-refractivity contribution is 7.89. The fourth-order valence-corrected chi connectivity index (χ4v) is 4.50. The van der Waals surface area contributed by atoms with Gasteiger partial charge in [0, 0.05) is 17.0 Å². The molecule has 8 nitrogen and oxygen atoms in total. The number of benzene rings is 2. The number of nitrogens with one attached hydrogen (secondary N) is 2. The fraction of sp³-hybridized carbons (Fsp3) is 0.296. The van der Waals surface area contributed by atoms with Gasteiger partial charge < -0.3 is 19.0 Å². The van der Waals surface area contributed by atoms with Crippen LogP contribution in [0.3, 0.4) is 0 Å². The Morgan fingerprint density at radius 2 is 1.80 bits per heavy atom. The van der Waals surface area contributed by atoms with Gasteiger partial charge in [-0.2, -0.15) is 13.2 Å². The van der Waals surface area contributed by atoms with Crippen molar-refractivity contribution in [3.8, 4) is 11.3 Å². The molecule has 2 aromatic carbocycles. The lowest BCUT2D eigenvalue weighted by atomic mass is 10.1. The Bertz CT molecular complexity index is 1470. The number of hydrogen-bond donors (Lipinski definition) is 2. The van der Waals surface area contributed by atoms with Crippen LogP contribution in [0.15, 0.2) is 70.4 Å². The first kappa shape index (κ1) is 29.5. The summed E-state index contributed by atoms with van der Waals surface area (Å²) in [4.78, 5) is 21.3. The highest BCUT2D eigenvalue weighted by Gasteiger charge is 2.31. The van der Waals surface area contributed by atoms with Crippen molar-refractivity contribution < 1.29 is 36.1 Å². The monoisotopic (exact) mass is 578 g/mol. The Hall–Kier alpha value is -3.52. The lowest BCUT2D eigenvalue weighted by Gasteiger charge is -2.24. The summed E-state index contributed by atoms with van der Waals surface area (Å²) in [5, 5.41) is 3.13. The number of amides is 1. The normalized spacial score (nSPS) is 13.8. The smallest absolute Gasteiger partial charge is 0.416 e. The topological polar surface area (TPSA) is 112 Å². The predicted molar refractivity (Wildman–Crippen MR) is 140 cm³/mol. The average Bonchev–Trinajstić information content (AvgIpc) is 3.32. The van der Waals surface area contributed by atoms with Crippen molar-refractivity contribution in [1.82, 2.24) is 20.0 Å². The first-order chi connectivity index (χ1) is 18.8. The molecule has 0 saturated heterocycles. The maximum Gasteiger partial charge on any atom is 0.416 e. The van der Waals surface area contributed by atoms with E-state index in [1.54, 1.807) is 26.8 Å². The summed E-state index contributed by atoms with van der Waals surface area (Å²) < 4.78 is 79.1. The van der Waals surface area contributed by atoms with E-state index in [1.165, 1.54) is 42.7 Å². The molecule has 0 aliphatic heterocycles. The summed E-state index contributed by atoms with van der Waals surface area (Å²) in [7, 11) is 0. The van der Waals surface area contributed by atoms with Gasteiger partial charge in [-0.1, -0.05) is 12.1 Å². The highest BCUT2D eigenvalue weighted by atomic mass is 32.2. The molecule has 40 heavy (non-hydrogen) atoms. The Labute approximate surface area is 230 Å². The van der Waals surface area contributed by atoms with Gasteiger partial charge in [-0.3, -0.25) is 4.79 Å². The van der Waals surface area contributed by atoms with Crippen molar-refractivity contribution in [2.45, 2.75) is 50.2 Å². The number of hydrogen-bond acceptors (Lipinski definition) is 7. The lowest BCUT2D eigenvalue weighted by molar-refractivity contribution is -0.137. The zero-order valence-corrected chi connectivity index (χ0v) is 22.5. The molecule has 2 atom stereocenters. The third kappa shape index (κ3) is 7.78. The van der Waals surface area contributed by atoms with Gasteiger partial charge in [0.2, 0.25) is 5.91 Å². The van der Waals surface area contributed by atoms with Crippen molar-refractivity contribution in [3.63, 3.8) is 0 Å². The van der Waals surface area contributed by atoms with Gasteiger partial charge in [-0.15, -0.1) is 4.72 Å². The second kappa shape index (κ2) is 11.9. The number of fused-ring (bicyclic) bond motifs is 1. The van der Waals surface area contributed by atoms with E-state index in [0.717, 1.165) is 12.1 Å². The van der Waals surface area contributed by atoms with Crippen molar-refractivity contribution in [2.24, 2.45) is 0 Å².